The van der Waals surface area contributed by atoms with E-state index >= 15 is 0 Å². The molecule has 19 heavy (non-hydrogen) atoms. The van der Waals surface area contributed by atoms with Gasteiger partial charge < -0.3 is 5.11 Å². The van der Waals surface area contributed by atoms with Crippen LogP contribution in [0.4, 0.5) is 4.39 Å². The van der Waals surface area contributed by atoms with E-state index < -0.39 is 15.8 Å². The first kappa shape index (κ1) is 16.1. The van der Waals surface area contributed by atoms with Crippen molar-refractivity contribution >= 4 is 10.0 Å². The van der Waals surface area contributed by atoms with Crippen molar-refractivity contribution in [3.63, 3.8) is 0 Å². The molecule has 0 aliphatic heterocycles. The largest absolute Gasteiger partial charge is 0.395 e. The number of benzene rings is 1. The molecule has 0 saturated heterocycles. The Bertz CT molecular complexity index is 500. The molecule has 0 aliphatic rings. The lowest BCUT2D eigenvalue weighted by molar-refractivity contribution is 0.219. The van der Waals surface area contributed by atoms with E-state index in [1.165, 1.54) is 22.5 Å². The van der Waals surface area contributed by atoms with Gasteiger partial charge in [0.25, 0.3) is 0 Å². The van der Waals surface area contributed by atoms with Crippen LogP contribution in [0.25, 0.3) is 0 Å². The van der Waals surface area contributed by atoms with E-state index in [0.717, 1.165) is 6.07 Å². The summed E-state index contributed by atoms with van der Waals surface area (Å²) in [5.74, 6) is -0.588. The summed E-state index contributed by atoms with van der Waals surface area (Å²) in [6.07, 6.45) is 1.29. The topological polar surface area (TPSA) is 57.6 Å². The van der Waals surface area contributed by atoms with Crippen molar-refractivity contribution in [3.05, 3.63) is 30.1 Å². The molecule has 0 unspecified atom stereocenters. The van der Waals surface area contributed by atoms with Crippen LogP contribution in [0.3, 0.4) is 0 Å². The average Bonchev–Trinajstić information content (AvgIpc) is 2.39. The van der Waals surface area contributed by atoms with Gasteiger partial charge in [0.05, 0.1) is 11.5 Å². The Morgan fingerprint density at radius 3 is 2.42 bits per heavy atom. The van der Waals surface area contributed by atoms with Gasteiger partial charge >= 0.3 is 0 Å². The van der Waals surface area contributed by atoms with Gasteiger partial charge in [-0.2, -0.15) is 4.31 Å². The molecule has 0 aromatic heterocycles. The van der Waals surface area contributed by atoms with Gasteiger partial charge in [0.1, 0.15) is 5.82 Å². The van der Waals surface area contributed by atoms with Crippen LogP contribution in [0.1, 0.15) is 26.7 Å². The van der Waals surface area contributed by atoms with Crippen LogP contribution in [-0.4, -0.2) is 37.0 Å². The van der Waals surface area contributed by atoms with Crippen molar-refractivity contribution in [2.45, 2.75) is 37.6 Å². The molecule has 0 amide bonds. The molecule has 0 bridgehead atoms. The lowest BCUT2D eigenvalue weighted by Gasteiger charge is -2.29. The number of aliphatic hydroxyl groups excluding tert-OH is 1. The molecule has 1 rings (SSSR count). The summed E-state index contributed by atoms with van der Waals surface area (Å²) in [4.78, 5) is -0.0761. The zero-order valence-electron chi connectivity index (χ0n) is 11.2. The second kappa shape index (κ2) is 6.98. The van der Waals surface area contributed by atoms with Gasteiger partial charge in [-0.05, 0) is 31.0 Å². The fourth-order valence-corrected chi connectivity index (χ4v) is 3.85. The minimum absolute atomic E-state index is 0.0190. The van der Waals surface area contributed by atoms with E-state index in [0.29, 0.717) is 12.8 Å². The van der Waals surface area contributed by atoms with Crippen molar-refractivity contribution in [3.8, 4) is 0 Å². The molecular weight excluding hydrogens is 269 g/mol. The monoisotopic (exact) mass is 289 g/mol. The molecule has 0 atom stereocenters. The summed E-state index contributed by atoms with van der Waals surface area (Å²) in [7, 11) is -3.78. The average molecular weight is 289 g/mol. The molecule has 108 valence electrons. The van der Waals surface area contributed by atoms with Crippen LogP contribution in [0, 0.1) is 5.82 Å². The molecule has 1 aromatic carbocycles. The van der Waals surface area contributed by atoms with Gasteiger partial charge in [-0.3, -0.25) is 0 Å². The number of halogens is 1. The number of aliphatic hydroxyl groups is 1. The molecule has 6 heteroatoms. The zero-order chi connectivity index (χ0) is 14.5. The van der Waals surface area contributed by atoms with Crippen molar-refractivity contribution in [2.75, 3.05) is 13.2 Å². The lowest BCUT2D eigenvalue weighted by atomic mass is 10.2. The highest BCUT2D eigenvalue weighted by molar-refractivity contribution is 7.89. The van der Waals surface area contributed by atoms with Crippen LogP contribution < -0.4 is 0 Å². The van der Waals surface area contributed by atoms with Crippen molar-refractivity contribution in [1.29, 1.82) is 0 Å². The Labute approximate surface area is 113 Å². The molecule has 4 nitrogen and oxygen atoms in total. The highest BCUT2D eigenvalue weighted by Crippen LogP contribution is 2.21. The Morgan fingerprint density at radius 1 is 1.32 bits per heavy atom. The van der Waals surface area contributed by atoms with Crippen LogP contribution in [0.2, 0.25) is 0 Å². The minimum Gasteiger partial charge on any atom is -0.395 e. The molecule has 0 radical (unpaired) electrons. The summed E-state index contributed by atoms with van der Waals surface area (Å²) >= 11 is 0. The smallest absolute Gasteiger partial charge is 0.243 e. The van der Waals surface area contributed by atoms with E-state index in [-0.39, 0.29) is 24.1 Å². The van der Waals surface area contributed by atoms with E-state index in [2.05, 4.69) is 0 Å². The maximum absolute atomic E-state index is 13.2. The first-order chi connectivity index (χ1) is 8.97. The Hall–Kier alpha value is -0.980. The molecule has 0 heterocycles. The van der Waals surface area contributed by atoms with Crippen molar-refractivity contribution < 1.29 is 17.9 Å². The van der Waals surface area contributed by atoms with Gasteiger partial charge in [-0.1, -0.05) is 19.9 Å². The summed E-state index contributed by atoms with van der Waals surface area (Å²) < 4.78 is 39.4. The fraction of sp³-hybridized carbons (Fsp3) is 0.538. The predicted octanol–water partition coefficient (Wildman–Crippen LogP) is 2.00. The van der Waals surface area contributed by atoms with E-state index in [1.807, 2.05) is 13.8 Å². The zero-order valence-corrected chi connectivity index (χ0v) is 12.0. The minimum atomic E-state index is -3.78. The second-order valence-corrected chi connectivity index (χ2v) is 6.16. The first-order valence-electron chi connectivity index (χ1n) is 6.35. The van der Waals surface area contributed by atoms with Gasteiger partial charge in [-0.15, -0.1) is 0 Å². The highest BCUT2D eigenvalue weighted by atomic mass is 32.2. The highest BCUT2D eigenvalue weighted by Gasteiger charge is 2.29. The van der Waals surface area contributed by atoms with Crippen LogP contribution in [-0.2, 0) is 10.0 Å². The van der Waals surface area contributed by atoms with Gasteiger partial charge in [0.2, 0.25) is 10.0 Å². The molecule has 0 spiro atoms. The Balaban J connectivity index is 3.19. The van der Waals surface area contributed by atoms with Crippen LogP contribution in [0.5, 0.6) is 0 Å². The molecular formula is C13H20FNO3S. The van der Waals surface area contributed by atoms with Gasteiger partial charge in [0.15, 0.2) is 0 Å². The fourth-order valence-electron chi connectivity index (χ4n) is 2.06. The standard InChI is InChI=1S/C13H20FNO3S/c1-3-12(4-2)15(8-9-16)19(17,18)13-7-5-6-11(14)10-13/h5-7,10,12,16H,3-4,8-9H2,1-2H3. The van der Waals surface area contributed by atoms with Crippen molar-refractivity contribution in [2.24, 2.45) is 0 Å². The van der Waals surface area contributed by atoms with Crippen LogP contribution >= 0.6 is 0 Å². The second-order valence-electron chi connectivity index (χ2n) is 4.27. The quantitative estimate of drug-likeness (QED) is 0.835. The van der Waals surface area contributed by atoms with Crippen molar-refractivity contribution in [1.82, 2.24) is 4.31 Å². The number of sulfonamides is 1. The molecule has 0 fully saturated rings. The number of hydrogen-bond donors (Lipinski definition) is 1. The third-order valence-electron chi connectivity index (χ3n) is 3.07. The van der Waals surface area contributed by atoms with E-state index in [1.54, 1.807) is 0 Å². The predicted molar refractivity (Wildman–Crippen MR) is 71.7 cm³/mol. The van der Waals surface area contributed by atoms with Gasteiger partial charge in [0, 0.05) is 12.6 Å². The Kier molecular flexibility index (Phi) is 5.90. The van der Waals surface area contributed by atoms with Crippen LogP contribution in [0.15, 0.2) is 29.2 Å². The van der Waals surface area contributed by atoms with Gasteiger partial charge in [-0.25, -0.2) is 12.8 Å². The normalized spacial score (nSPS) is 12.3. The molecule has 0 aliphatic carbocycles. The third kappa shape index (κ3) is 3.75. The summed E-state index contributed by atoms with van der Waals surface area (Å²) in [5.41, 5.74) is 0. The molecule has 0 saturated carbocycles. The lowest BCUT2D eigenvalue weighted by Crippen LogP contribution is -2.41. The maximum atomic E-state index is 13.2. The molecule has 1 aromatic rings. The van der Waals surface area contributed by atoms with E-state index in [9.17, 15) is 12.8 Å². The first-order valence-corrected chi connectivity index (χ1v) is 7.79. The maximum Gasteiger partial charge on any atom is 0.243 e. The Morgan fingerprint density at radius 2 is 1.95 bits per heavy atom. The third-order valence-corrected chi connectivity index (χ3v) is 5.02. The number of nitrogens with zero attached hydrogens (tertiary/aromatic N) is 1. The summed E-state index contributed by atoms with van der Waals surface area (Å²) in [5, 5.41) is 9.06. The van der Waals surface area contributed by atoms with E-state index in [4.69, 9.17) is 5.11 Å². The molecule has 1 N–H and O–H groups in total. The number of hydrogen-bond acceptors (Lipinski definition) is 3. The number of rotatable bonds is 7. The summed E-state index contributed by atoms with van der Waals surface area (Å²) in [6, 6.07) is 4.74. The summed E-state index contributed by atoms with van der Waals surface area (Å²) in [6.45, 7) is 3.54. The SMILES string of the molecule is CCC(CC)N(CCO)S(=O)(=O)c1cccc(F)c1.